The van der Waals surface area contributed by atoms with Crippen LogP contribution >= 0.6 is 11.6 Å². The Kier molecular flexibility index (Phi) is 10.9. The first-order chi connectivity index (χ1) is 19.1. The molecule has 214 valence electrons. The lowest BCUT2D eigenvalue weighted by molar-refractivity contribution is -0.139. The van der Waals surface area contributed by atoms with Crippen LogP contribution in [0, 0.1) is 5.82 Å². The van der Waals surface area contributed by atoms with Gasteiger partial charge in [-0.2, -0.15) is 0 Å². The summed E-state index contributed by atoms with van der Waals surface area (Å²) in [6, 6.07) is 16.7. The Balaban J connectivity index is 2.06. The van der Waals surface area contributed by atoms with Crippen LogP contribution in [-0.4, -0.2) is 50.9 Å². The van der Waals surface area contributed by atoms with Crippen molar-refractivity contribution in [2.45, 2.75) is 44.7 Å². The zero-order valence-electron chi connectivity index (χ0n) is 22.6. The van der Waals surface area contributed by atoms with Crippen molar-refractivity contribution in [3.63, 3.8) is 0 Å². The predicted octanol–water partition coefficient (Wildman–Crippen LogP) is 5.02. The van der Waals surface area contributed by atoms with E-state index in [2.05, 4.69) is 5.32 Å². The molecule has 0 bridgehead atoms. The van der Waals surface area contributed by atoms with Crippen LogP contribution in [0.5, 0.6) is 5.75 Å². The smallest absolute Gasteiger partial charge is 0.264 e. The van der Waals surface area contributed by atoms with Crippen LogP contribution in [0.4, 0.5) is 10.1 Å². The average molecular weight is 590 g/mol. The number of para-hydroxylation sites is 2. The highest BCUT2D eigenvalue weighted by atomic mass is 35.5. The van der Waals surface area contributed by atoms with E-state index in [-0.39, 0.29) is 35.4 Å². The first kappa shape index (κ1) is 30.9. The number of nitrogens with one attached hydrogen (secondary N) is 1. The number of amides is 2. The molecule has 0 aromatic heterocycles. The molecule has 0 spiro atoms. The summed E-state index contributed by atoms with van der Waals surface area (Å²) < 4.78 is 48.1. The summed E-state index contributed by atoms with van der Waals surface area (Å²) in [5.74, 6) is -1.19. The molecule has 1 atom stereocenters. The number of rotatable bonds is 13. The summed E-state index contributed by atoms with van der Waals surface area (Å²) in [4.78, 5) is 28.0. The highest BCUT2D eigenvalue weighted by Gasteiger charge is 2.33. The Hall–Kier alpha value is -3.63. The van der Waals surface area contributed by atoms with Gasteiger partial charge in [0.1, 0.15) is 24.2 Å². The average Bonchev–Trinajstić information content (AvgIpc) is 2.94. The summed E-state index contributed by atoms with van der Waals surface area (Å²) in [5, 5.41) is 3.13. The number of anilines is 1. The van der Waals surface area contributed by atoms with Crippen LogP contribution in [0.1, 0.15) is 32.8 Å². The molecule has 0 unspecified atom stereocenters. The number of nitrogens with zero attached hydrogens (tertiary/aromatic N) is 2. The lowest BCUT2D eigenvalue weighted by atomic mass is 10.1. The number of benzene rings is 3. The first-order valence-electron chi connectivity index (χ1n) is 12.9. The van der Waals surface area contributed by atoms with Gasteiger partial charge in [-0.15, -0.1) is 0 Å². The molecular weight excluding hydrogens is 557 g/mol. The molecule has 0 radical (unpaired) electrons. The number of ether oxygens (including phenoxy) is 1. The molecule has 0 aliphatic heterocycles. The van der Waals surface area contributed by atoms with Crippen LogP contribution in [0.15, 0.2) is 77.7 Å². The first-order valence-corrected chi connectivity index (χ1v) is 14.7. The van der Waals surface area contributed by atoms with Gasteiger partial charge in [-0.1, -0.05) is 42.8 Å². The van der Waals surface area contributed by atoms with E-state index in [4.69, 9.17) is 16.3 Å². The van der Waals surface area contributed by atoms with Crippen molar-refractivity contribution in [1.82, 2.24) is 10.2 Å². The lowest BCUT2D eigenvalue weighted by Gasteiger charge is -2.32. The molecule has 3 rings (SSSR count). The van der Waals surface area contributed by atoms with Gasteiger partial charge in [0.05, 0.1) is 17.2 Å². The van der Waals surface area contributed by atoms with Crippen LogP contribution in [-0.2, 0) is 26.2 Å². The zero-order chi connectivity index (χ0) is 29.3. The van der Waals surface area contributed by atoms with Crippen LogP contribution < -0.4 is 14.4 Å². The second-order valence-corrected chi connectivity index (χ2v) is 11.3. The summed E-state index contributed by atoms with van der Waals surface area (Å²) in [6.07, 6.45) is 0.700. The van der Waals surface area contributed by atoms with Gasteiger partial charge in [-0.05, 0) is 74.4 Å². The van der Waals surface area contributed by atoms with Crippen LogP contribution in [0.2, 0.25) is 5.02 Å². The Morgan fingerprint density at radius 3 is 2.27 bits per heavy atom. The molecule has 8 nitrogen and oxygen atoms in total. The van der Waals surface area contributed by atoms with Crippen molar-refractivity contribution in [2.24, 2.45) is 0 Å². The minimum absolute atomic E-state index is 0.0399. The van der Waals surface area contributed by atoms with E-state index < -0.39 is 34.3 Å². The third kappa shape index (κ3) is 7.73. The van der Waals surface area contributed by atoms with Gasteiger partial charge >= 0.3 is 0 Å². The van der Waals surface area contributed by atoms with Crippen molar-refractivity contribution < 1.29 is 27.1 Å². The van der Waals surface area contributed by atoms with Crippen molar-refractivity contribution in [3.05, 3.63) is 89.2 Å². The largest absolute Gasteiger partial charge is 0.492 e. The van der Waals surface area contributed by atoms with Crippen LogP contribution in [0.25, 0.3) is 0 Å². The summed E-state index contributed by atoms with van der Waals surface area (Å²) in [5.41, 5.74) is 0.740. The van der Waals surface area contributed by atoms with Crippen molar-refractivity contribution >= 4 is 39.1 Å². The number of carbonyl (C=O) groups excluding carboxylic acids is 2. The second kappa shape index (κ2) is 14.1. The molecule has 0 heterocycles. The Bertz CT molecular complexity index is 1400. The lowest BCUT2D eigenvalue weighted by Crippen LogP contribution is -2.51. The molecule has 0 aliphatic rings. The summed E-state index contributed by atoms with van der Waals surface area (Å²) in [7, 11) is -4.28. The molecular formula is C29H33ClFN3O5S. The standard InChI is InChI=1S/C29H33ClFN3O5S/c1-4-18-32-29(36)21(3)33(19-22-10-14-24(31)15-11-22)28(35)20-34(26-8-6-7-9-27(26)39-5-2)40(37,38)25-16-12-23(30)13-17-25/h6-17,21H,4-5,18-20H2,1-3H3,(H,32,36)/t21-/m0/s1. The maximum atomic E-state index is 13.9. The molecule has 0 fully saturated rings. The highest BCUT2D eigenvalue weighted by molar-refractivity contribution is 7.92. The highest BCUT2D eigenvalue weighted by Crippen LogP contribution is 2.33. The maximum Gasteiger partial charge on any atom is 0.264 e. The fourth-order valence-electron chi connectivity index (χ4n) is 3.95. The van der Waals surface area contributed by atoms with E-state index in [1.165, 1.54) is 53.4 Å². The number of halogens is 2. The van der Waals surface area contributed by atoms with Gasteiger partial charge in [0.2, 0.25) is 11.8 Å². The van der Waals surface area contributed by atoms with E-state index in [0.717, 1.165) is 4.31 Å². The Morgan fingerprint density at radius 1 is 1.00 bits per heavy atom. The number of carbonyl (C=O) groups is 2. The van der Waals surface area contributed by atoms with Gasteiger partial charge in [-0.25, -0.2) is 12.8 Å². The third-order valence-corrected chi connectivity index (χ3v) is 8.12. The molecule has 3 aromatic carbocycles. The van der Waals surface area contributed by atoms with Crippen molar-refractivity contribution in [3.8, 4) is 5.75 Å². The molecule has 0 saturated carbocycles. The van der Waals surface area contributed by atoms with Gasteiger partial charge in [-0.3, -0.25) is 13.9 Å². The normalized spacial score (nSPS) is 11.9. The molecule has 40 heavy (non-hydrogen) atoms. The minimum atomic E-state index is -4.28. The number of sulfonamides is 1. The maximum absolute atomic E-state index is 13.9. The van der Waals surface area contributed by atoms with E-state index >= 15 is 0 Å². The van der Waals surface area contributed by atoms with Gasteiger partial charge in [0.25, 0.3) is 10.0 Å². The number of hydrogen-bond donors (Lipinski definition) is 1. The SMILES string of the molecule is CCCNC(=O)[C@H](C)N(Cc1ccc(F)cc1)C(=O)CN(c1ccccc1OCC)S(=O)(=O)c1ccc(Cl)cc1. The molecule has 1 N–H and O–H groups in total. The molecule has 0 saturated heterocycles. The van der Waals surface area contributed by atoms with E-state index in [1.807, 2.05) is 6.92 Å². The Labute approximate surface area is 239 Å². The van der Waals surface area contributed by atoms with E-state index in [1.54, 1.807) is 38.1 Å². The third-order valence-electron chi connectivity index (χ3n) is 6.10. The monoisotopic (exact) mass is 589 g/mol. The van der Waals surface area contributed by atoms with E-state index in [9.17, 15) is 22.4 Å². The van der Waals surface area contributed by atoms with Gasteiger partial charge in [0.15, 0.2) is 0 Å². The van der Waals surface area contributed by atoms with Gasteiger partial charge in [0, 0.05) is 18.1 Å². The quantitative estimate of drug-likeness (QED) is 0.302. The van der Waals surface area contributed by atoms with E-state index in [0.29, 0.717) is 23.6 Å². The molecule has 3 aromatic rings. The second-order valence-electron chi connectivity index (χ2n) is 8.98. The van der Waals surface area contributed by atoms with Crippen molar-refractivity contribution in [1.29, 1.82) is 0 Å². The Morgan fingerprint density at radius 2 is 1.65 bits per heavy atom. The fourth-order valence-corrected chi connectivity index (χ4v) is 5.50. The van der Waals surface area contributed by atoms with Crippen molar-refractivity contribution in [2.75, 3.05) is 24.0 Å². The topological polar surface area (TPSA) is 96.0 Å². The predicted molar refractivity (Wildman–Crippen MR) is 153 cm³/mol. The van der Waals surface area contributed by atoms with Gasteiger partial charge < -0.3 is 15.0 Å². The molecule has 2 amide bonds. The zero-order valence-corrected chi connectivity index (χ0v) is 24.2. The molecule has 11 heteroatoms. The molecule has 0 aliphatic carbocycles. The van der Waals surface area contributed by atoms with Crippen LogP contribution in [0.3, 0.4) is 0 Å². The summed E-state index contributed by atoms with van der Waals surface area (Å²) >= 11 is 5.99. The summed E-state index contributed by atoms with van der Waals surface area (Å²) in [6.45, 7) is 5.26. The number of hydrogen-bond acceptors (Lipinski definition) is 5. The fraction of sp³-hybridized carbons (Fsp3) is 0.310. The minimum Gasteiger partial charge on any atom is -0.492 e.